The van der Waals surface area contributed by atoms with E-state index in [1.54, 1.807) is 19.3 Å². The number of aromatic nitrogens is 1. The van der Waals surface area contributed by atoms with Crippen molar-refractivity contribution in [3.8, 4) is 0 Å². The Hall–Kier alpha value is -2.40. The molecule has 1 aromatic heterocycles. The van der Waals surface area contributed by atoms with Crippen molar-refractivity contribution in [2.45, 2.75) is 45.7 Å². The first-order valence-corrected chi connectivity index (χ1v) is 10.3. The molecule has 2 aromatic rings. The van der Waals surface area contributed by atoms with Gasteiger partial charge in [0, 0.05) is 37.9 Å². The molecule has 1 amide bonds. The molecule has 0 aliphatic carbocycles. The number of nitrogens with zero attached hydrogens (tertiary/aromatic N) is 2. The molecule has 0 radical (unpaired) electrons. The van der Waals surface area contributed by atoms with E-state index in [-0.39, 0.29) is 5.91 Å². The highest BCUT2D eigenvalue weighted by Crippen LogP contribution is 2.18. The third-order valence-electron chi connectivity index (χ3n) is 5.18. The van der Waals surface area contributed by atoms with Crippen LogP contribution in [0.4, 0.5) is 5.82 Å². The van der Waals surface area contributed by atoms with E-state index in [1.165, 1.54) is 11.1 Å². The molecule has 0 saturated carbocycles. The van der Waals surface area contributed by atoms with E-state index in [0.29, 0.717) is 17.5 Å². The van der Waals surface area contributed by atoms with Gasteiger partial charge >= 0.3 is 0 Å². The van der Waals surface area contributed by atoms with Gasteiger partial charge in [-0.25, -0.2) is 4.98 Å². The van der Waals surface area contributed by atoms with Gasteiger partial charge in [-0.05, 0) is 55.0 Å². The van der Waals surface area contributed by atoms with Crippen molar-refractivity contribution in [3.63, 3.8) is 0 Å². The van der Waals surface area contributed by atoms with Gasteiger partial charge < -0.3 is 10.6 Å². The summed E-state index contributed by atoms with van der Waals surface area (Å²) in [6, 6.07) is 13.0. The highest BCUT2D eigenvalue weighted by molar-refractivity contribution is 5.94. The summed E-state index contributed by atoms with van der Waals surface area (Å²) >= 11 is 0. The molecule has 1 aromatic carbocycles. The van der Waals surface area contributed by atoms with Gasteiger partial charge in [-0.3, -0.25) is 9.69 Å². The summed E-state index contributed by atoms with van der Waals surface area (Å²) < 4.78 is 0. The molecule has 0 spiro atoms. The van der Waals surface area contributed by atoms with Crippen LogP contribution in [0, 0.1) is 5.92 Å². The van der Waals surface area contributed by atoms with E-state index in [0.717, 1.165) is 44.7 Å². The summed E-state index contributed by atoms with van der Waals surface area (Å²) in [6.45, 7) is 7.60. The Kier molecular flexibility index (Phi) is 7.04. The molecule has 28 heavy (non-hydrogen) atoms. The first kappa shape index (κ1) is 20.3. The zero-order valence-electron chi connectivity index (χ0n) is 17.2. The monoisotopic (exact) mass is 380 g/mol. The van der Waals surface area contributed by atoms with Crippen molar-refractivity contribution in [1.82, 2.24) is 15.2 Å². The smallest absolute Gasteiger partial charge is 0.251 e. The van der Waals surface area contributed by atoms with Crippen LogP contribution in [0.1, 0.15) is 48.2 Å². The molecular weight excluding hydrogens is 348 g/mol. The van der Waals surface area contributed by atoms with Crippen molar-refractivity contribution >= 4 is 11.7 Å². The van der Waals surface area contributed by atoms with Crippen molar-refractivity contribution < 1.29 is 4.79 Å². The summed E-state index contributed by atoms with van der Waals surface area (Å²) in [5.41, 5.74) is 3.42. The molecule has 1 fully saturated rings. The first-order chi connectivity index (χ1) is 13.5. The van der Waals surface area contributed by atoms with Gasteiger partial charge in [0.1, 0.15) is 5.82 Å². The zero-order valence-corrected chi connectivity index (χ0v) is 17.2. The largest absolute Gasteiger partial charge is 0.366 e. The second-order valence-electron chi connectivity index (χ2n) is 8.14. The molecular formula is C23H32N4O. The van der Waals surface area contributed by atoms with Crippen LogP contribution in [0.2, 0.25) is 0 Å². The summed E-state index contributed by atoms with van der Waals surface area (Å²) in [5.74, 6) is 1.37. The molecule has 3 rings (SSSR count). The minimum atomic E-state index is -0.0864. The number of benzene rings is 1. The van der Waals surface area contributed by atoms with Gasteiger partial charge in [-0.2, -0.15) is 0 Å². The van der Waals surface area contributed by atoms with Crippen molar-refractivity contribution in [2.75, 3.05) is 25.5 Å². The molecule has 0 bridgehead atoms. The topological polar surface area (TPSA) is 57.3 Å². The van der Waals surface area contributed by atoms with E-state index < -0.39 is 0 Å². The molecule has 1 aliphatic rings. The quantitative estimate of drug-likeness (QED) is 0.769. The highest BCUT2D eigenvalue weighted by Gasteiger charge is 2.20. The molecule has 2 heterocycles. The Labute approximate surface area is 168 Å². The Morgan fingerprint density at radius 3 is 2.68 bits per heavy atom. The van der Waals surface area contributed by atoms with E-state index in [2.05, 4.69) is 58.6 Å². The van der Waals surface area contributed by atoms with Crippen LogP contribution in [0.5, 0.6) is 0 Å². The maximum absolute atomic E-state index is 11.8. The lowest BCUT2D eigenvalue weighted by atomic mass is 10.0. The Morgan fingerprint density at radius 2 is 1.96 bits per heavy atom. The number of pyridine rings is 1. The Morgan fingerprint density at radius 1 is 1.21 bits per heavy atom. The number of carbonyl (C=O) groups is 1. The van der Waals surface area contributed by atoms with E-state index in [1.807, 2.05) is 6.07 Å². The third-order valence-corrected chi connectivity index (χ3v) is 5.18. The average molecular weight is 381 g/mol. The second kappa shape index (κ2) is 9.69. The SMILES string of the molecule is CNC(=O)c1ccnc(N[C@H]2CCCN(Cc3ccc(CC(C)C)cc3)C2)c1. The maximum Gasteiger partial charge on any atom is 0.251 e. The van der Waals surface area contributed by atoms with Gasteiger partial charge in [0.25, 0.3) is 5.91 Å². The number of anilines is 1. The van der Waals surface area contributed by atoms with Crippen LogP contribution in [0.25, 0.3) is 0 Å². The van der Waals surface area contributed by atoms with Crippen molar-refractivity contribution in [3.05, 3.63) is 59.3 Å². The standard InChI is InChI=1S/C23H32N4O/c1-17(2)13-18-6-8-19(9-7-18)15-27-12-4-5-21(16-27)26-22-14-20(10-11-25-22)23(28)24-3/h6-11,14,17,21H,4-5,12-13,15-16H2,1-3H3,(H,24,28)(H,25,26)/t21-/m0/s1. The Balaban J connectivity index is 1.56. The maximum atomic E-state index is 11.8. The summed E-state index contributed by atoms with van der Waals surface area (Å²) in [4.78, 5) is 18.7. The number of piperidine rings is 1. The second-order valence-corrected chi connectivity index (χ2v) is 8.14. The van der Waals surface area contributed by atoms with Crippen LogP contribution >= 0.6 is 0 Å². The Bertz CT molecular complexity index is 772. The van der Waals surface area contributed by atoms with Gasteiger partial charge in [-0.1, -0.05) is 38.1 Å². The lowest BCUT2D eigenvalue weighted by Gasteiger charge is -2.33. The number of carbonyl (C=O) groups excluding carboxylic acids is 1. The van der Waals surface area contributed by atoms with E-state index in [9.17, 15) is 4.79 Å². The molecule has 1 saturated heterocycles. The fourth-order valence-electron chi connectivity index (χ4n) is 3.83. The van der Waals surface area contributed by atoms with Gasteiger partial charge in [0.2, 0.25) is 0 Å². The highest BCUT2D eigenvalue weighted by atomic mass is 16.1. The molecule has 1 aliphatic heterocycles. The first-order valence-electron chi connectivity index (χ1n) is 10.3. The fourth-order valence-corrected chi connectivity index (χ4v) is 3.83. The van der Waals surface area contributed by atoms with Gasteiger partial charge in [-0.15, -0.1) is 0 Å². The molecule has 2 N–H and O–H groups in total. The normalized spacial score (nSPS) is 17.5. The molecule has 1 atom stereocenters. The predicted octanol–water partition coefficient (Wildman–Crippen LogP) is 3.72. The van der Waals surface area contributed by atoms with Crippen LogP contribution in [0.15, 0.2) is 42.6 Å². The number of likely N-dealkylation sites (tertiary alicyclic amines) is 1. The molecule has 5 nitrogen and oxygen atoms in total. The number of rotatable bonds is 7. The number of hydrogen-bond donors (Lipinski definition) is 2. The summed E-state index contributed by atoms with van der Waals surface area (Å²) in [5, 5.41) is 6.17. The number of amides is 1. The summed E-state index contributed by atoms with van der Waals surface area (Å²) in [6.07, 6.45) is 5.11. The van der Waals surface area contributed by atoms with Gasteiger partial charge in [0.15, 0.2) is 0 Å². The predicted molar refractivity (Wildman–Crippen MR) is 115 cm³/mol. The minimum absolute atomic E-state index is 0.0864. The molecule has 5 heteroatoms. The number of hydrogen-bond acceptors (Lipinski definition) is 4. The summed E-state index contributed by atoms with van der Waals surface area (Å²) in [7, 11) is 1.64. The van der Waals surface area contributed by atoms with Crippen molar-refractivity contribution in [1.29, 1.82) is 0 Å². The fraction of sp³-hybridized carbons (Fsp3) is 0.478. The van der Waals surface area contributed by atoms with Crippen LogP contribution in [-0.2, 0) is 13.0 Å². The van der Waals surface area contributed by atoms with Crippen LogP contribution in [0.3, 0.4) is 0 Å². The lowest BCUT2D eigenvalue weighted by molar-refractivity contribution is 0.0963. The zero-order chi connectivity index (χ0) is 19.9. The molecule has 0 unspecified atom stereocenters. The van der Waals surface area contributed by atoms with Crippen molar-refractivity contribution in [2.24, 2.45) is 5.92 Å². The van der Waals surface area contributed by atoms with E-state index >= 15 is 0 Å². The van der Waals surface area contributed by atoms with E-state index in [4.69, 9.17) is 0 Å². The minimum Gasteiger partial charge on any atom is -0.366 e. The molecule has 150 valence electrons. The lowest BCUT2D eigenvalue weighted by Crippen LogP contribution is -2.41. The average Bonchev–Trinajstić information content (AvgIpc) is 2.69. The third kappa shape index (κ3) is 5.80. The number of nitrogens with one attached hydrogen (secondary N) is 2. The van der Waals surface area contributed by atoms with Crippen LogP contribution < -0.4 is 10.6 Å². The van der Waals surface area contributed by atoms with Crippen LogP contribution in [-0.4, -0.2) is 42.0 Å². The van der Waals surface area contributed by atoms with Gasteiger partial charge in [0.05, 0.1) is 0 Å².